The molecular weight excluding hydrogens is 304 g/mol. The van der Waals surface area contributed by atoms with E-state index in [1.54, 1.807) is 0 Å². The van der Waals surface area contributed by atoms with Gasteiger partial charge in [0.15, 0.2) is 0 Å². The second kappa shape index (κ2) is 5.43. The zero-order chi connectivity index (χ0) is 14.8. The average Bonchev–Trinajstić information content (AvgIpc) is 2.38. The number of sulfonamides is 1. The van der Waals surface area contributed by atoms with Crippen LogP contribution in [0.5, 0.6) is 0 Å². The summed E-state index contributed by atoms with van der Waals surface area (Å²) < 4.78 is 25.9. The summed E-state index contributed by atoms with van der Waals surface area (Å²) in [5.74, 6) is -1.10. The summed E-state index contributed by atoms with van der Waals surface area (Å²) in [4.78, 5) is 19.0. The zero-order valence-corrected chi connectivity index (χ0v) is 11.5. The smallest absolute Gasteiger partial charge is 0.268 e. The quantitative estimate of drug-likeness (QED) is 0.811. The molecule has 2 heterocycles. The highest BCUT2D eigenvalue weighted by Gasteiger charge is 2.22. The van der Waals surface area contributed by atoms with Crippen molar-refractivity contribution in [2.75, 3.05) is 5.73 Å². The first-order valence-electron chi connectivity index (χ1n) is 5.30. The van der Waals surface area contributed by atoms with Gasteiger partial charge in [0, 0.05) is 12.4 Å². The number of pyridine rings is 2. The Labute approximate surface area is 119 Å². The van der Waals surface area contributed by atoms with E-state index in [-0.39, 0.29) is 21.4 Å². The van der Waals surface area contributed by atoms with E-state index in [1.165, 1.54) is 36.7 Å². The van der Waals surface area contributed by atoms with Crippen LogP contribution in [0.4, 0.5) is 5.82 Å². The van der Waals surface area contributed by atoms with Crippen molar-refractivity contribution in [2.45, 2.75) is 4.90 Å². The molecule has 0 saturated carbocycles. The lowest BCUT2D eigenvalue weighted by atomic mass is 10.3. The molecule has 0 aliphatic rings. The van der Waals surface area contributed by atoms with Gasteiger partial charge in [-0.05, 0) is 24.3 Å². The lowest BCUT2D eigenvalue weighted by Crippen LogP contribution is -2.31. The number of nitrogen functional groups attached to an aromatic ring is 1. The van der Waals surface area contributed by atoms with Crippen LogP contribution in [-0.4, -0.2) is 24.3 Å². The summed E-state index contributed by atoms with van der Waals surface area (Å²) >= 11 is 5.72. The van der Waals surface area contributed by atoms with Crippen molar-refractivity contribution in [3.8, 4) is 0 Å². The summed E-state index contributed by atoms with van der Waals surface area (Å²) in [6.45, 7) is 0. The number of nitrogens with two attached hydrogens (primary N) is 1. The molecule has 0 atom stereocenters. The Kier molecular flexibility index (Phi) is 3.86. The highest BCUT2D eigenvalue weighted by Crippen LogP contribution is 2.16. The van der Waals surface area contributed by atoms with Gasteiger partial charge >= 0.3 is 0 Å². The first-order valence-corrected chi connectivity index (χ1v) is 7.16. The van der Waals surface area contributed by atoms with Gasteiger partial charge in [0.25, 0.3) is 15.9 Å². The fraction of sp³-hybridized carbons (Fsp3) is 0. The molecule has 0 aromatic carbocycles. The van der Waals surface area contributed by atoms with Crippen LogP contribution < -0.4 is 10.5 Å². The van der Waals surface area contributed by atoms with Crippen molar-refractivity contribution >= 4 is 33.3 Å². The number of halogens is 1. The summed E-state index contributed by atoms with van der Waals surface area (Å²) in [5, 5.41) is -0.0978. The fourth-order valence-corrected chi connectivity index (χ4v) is 2.67. The largest absolute Gasteiger partial charge is 0.383 e. The number of aromatic nitrogens is 2. The molecule has 9 heteroatoms. The number of carbonyl (C=O) groups excluding carboxylic acids is 1. The lowest BCUT2D eigenvalue weighted by molar-refractivity contribution is 0.0981. The minimum atomic E-state index is -4.13. The molecule has 1 amide bonds. The average molecular weight is 313 g/mol. The maximum absolute atomic E-state index is 12.0. The molecule has 0 radical (unpaired) electrons. The van der Waals surface area contributed by atoms with E-state index in [0.717, 1.165) is 0 Å². The van der Waals surface area contributed by atoms with E-state index in [1.807, 2.05) is 4.72 Å². The number of rotatable bonds is 3. The number of amides is 1. The standard InChI is InChI=1S/C11H9ClN4O3S/c12-9-7(3-1-5-14-9)11(17)16-20(18,19)8-4-2-6-15-10(8)13/h1-6H,(H2,13,15)(H,16,17). The normalized spacial score (nSPS) is 11.1. The molecule has 104 valence electrons. The van der Waals surface area contributed by atoms with E-state index in [4.69, 9.17) is 17.3 Å². The van der Waals surface area contributed by atoms with E-state index in [0.29, 0.717) is 0 Å². The lowest BCUT2D eigenvalue weighted by Gasteiger charge is -2.08. The van der Waals surface area contributed by atoms with Crippen LogP contribution in [0.3, 0.4) is 0 Å². The molecule has 0 spiro atoms. The SMILES string of the molecule is Nc1ncccc1S(=O)(=O)NC(=O)c1cccnc1Cl. The monoisotopic (exact) mass is 312 g/mol. The second-order valence-corrected chi connectivity index (χ2v) is 5.67. The fourth-order valence-electron chi connectivity index (χ4n) is 1.42. The third-order valence-electron chi connectivity index (χ3n) is 2.32. The van der Waals surface area contributed by atoms with Gasteiger partial charge in [-0.15, -0.1) is 0 Å². The molecule has 0 unspecified atom stereocenters. The molecule has 0 fully saturated rings. The third-order valence-corrected chi connectivity index (χ3v) is 4.00. The number of anilines is 1. The molecule has 0 bridgehead atoms. The Balaban J connectivity index is 2.33. The van der Waals surface area contributed by atoms with Crippen LogP contribution in [-0.2, 0) is 10.0 Å². The van der Waals surface area contributed by atoms with Gasteiger partial charge in [-0.1, -0.05) is 11.6 Å². The van der Waals surface area contributed by atoms with Gasteiger partial charge in [-0.25, -0.2) is 23.1 Å². The van der Waals surface area contributed by atoms with Crippen LogP contribution >= 0.6 is 11.6 Å². The zero-order valence-electron chi connectivity index (χ0n) is 9.95. The third kappa shape index (κ3) is 2.86. The molecule has 0 aliphatic carbocycles. The number of hydrogen-bond acceptors (Lipinski definition) is 6. The Hall–Kier alpha value is -2.19. The Bertz CT molecular complexity index is 764. The molecule has 0 aliphatic heterocycles. The Morgan fingerprint density at radius 2 is 1.85 bits per heavy atom. The molecule has 7 nitrogen and oxygen atoms in total. The molecule has 0 saturated heterocycles. The maximum Gasteiger partial charge on any atom is 0.268 e. The summed E-state index contributed by atoms with van der Waals surface area (Å²) in [7, 11) is -4.13. The van der Waals surface area contributed by atoms with Crippen LogP contribution in [0, 0.1) is 0 Å². The van der Waals surface area contributed by atoms with Crippen LogP contribution in [0.15, 0.2) is 41.6 Å². The predicted molar refractivity (Wildman–Crippen MR) is 72.5 cm³/mol. The van der Waals surface area contributed by atoms with Gasteiger partial charge in [0.2, 0.25) is 0 Å². The van der Waals surface area contributed by atoms with E-state index >= 15 is 0 Å². The van der Waals surface area contributed by atoms with Gasteiger partial charge in [0.1, 0.15) is 15.9 Å². The topological polar surface area (TPSA) is 115 Å². The second-order valence-electron chi connectivity index (χ2n) is 3.66. The first-order chi connectivity index (χ1) is 9.42. The van der Waals surface area contributed by atoms with Gasteiger partial charge in [-0.2, -0.15) is 0 Å². The summed E-state index contributed by atoms with van der Waals surface area (Å²) in [6, 6.07) is 5.45. The maximum atomic E-state index is 12.0. The van der Waals surface area contributed by atoms with Crippen molar-refractivity contribution in [3.05, 3.63) is 47.4 Å². The van der Waals surface area contributed by atoms with Crippen molar-refractivity contribution in [1.82, 2.24) is 14.7 Å². The Morgan fingerprint density at radius 3 is 2.50 bits per heavy atom. The molecule has 2 rings (SSSR count). The number of nitrogens with one attached hydrogen (secondary N) is 1. The first kappa shape index (κ1) is 14.2. The molecular formula is C11H9ClN4O3S. The highest BCUT2D eigenvalue weighted by atomic mass is 35.5. The van der Waals surface area contributed by atoms with Gasteiger partial charge in [0.05, 0.1) is 5.56 Å². The molecule has 2 aromatic heterocycles. The van der Waals surface area contributed by atoms with Crippen LogP contribution in [0.25, 0.3) is 0 Å². The minimum Gasteiger partial charge on any atom is -0.383 e. The van der Waals surface area contributed by atoms with E-state index in [9.17, 15) is 13.2 Å². The molecule has 3 N–H and O–H groups in total. The van der Waals surface area contributed by atoms with E-state index < -0.39 is 15.9 Å². The van der Waals surface area contributed by atoms with E-state index in [2.05, 4.69) is 9.97 Å². The Morgan fingerprint density at radius 1 is 1.20 bits per heavy atom. The minimum absolute atomic E-state index is 0.0554. The number of nitrogens with zero attached hydrogens (tertiary/aromatic N) is 2. The van der Waals surface area contributed by atoms with Gasteiger partial charge in [-0.3, -0.25) is 4.79 Å². The number of carbonyl (C=O) groups is 1. The van der Waals surface area contributed by atoms with Crippen molar-refractivity contribution in [3.63, 3.8) is 0 Å². The van der Waals surface area contributed by atoms with Crippen molar-refractivity contribution < 1.29 is 13.2 Å². The molecule has 2 aromatic rings. The van der Waals surface area contributed by atoms with Gasteiger partial charge < -0.3 is 5.73 Å². The molecule has 20 heavy (non-hydrogen) atoms. The number of hydrogen-bond donors (Lipinski definition) is 2. The van der Waals surface area contributed by atoms with Crippen LogP contribution in [0.2, 0.25) is 5.15 Å². The predicted octanol–water partition coefficient (Wildman–Crippen LogP) is 0.831. The van der Waals surface area contributed by atoms with Crippen LogP contribution in [0.1, 0.15) is 10.4 Å². The van der Waals surface area contributed by atoms with Crippen molar-refractivity contribution in [2.24, 2.45) is 0 Å². The highest BCUT2D eigenvalue weighted by molar-refractivity contribution is 7.90. The summed E-state index contributed by atoms with van der Waals surface area (Å²) in [6.07, 6.45) is 2.72. The van der Waals surface area contributed by atoms with Crippen molar-refractivity contribution in [1.29, 1.82) is 0 Å². The summed E-state index contributed by atoms with van der Waals surface area (Å²) in [5.41, 5.74) is 5.42.